The molecular formula is C11H20N2O2. The van der Waals surface area contributed by atoms with Gasteiger partial charge in [0.1, 0.15) is 0 Å². The van der Waals surface area contributed by atoms with Gasteiger partial charge in [0.15, 0.2) is 5.78 Å². The van der Waals surface area contributed by atoms with Crippen molar-refractivity contribution in [2.45, 2.75) is 27.2 Å². The highest BCUT2D eigenvalue weighted by atomic mass is 16.2. The van der Waals surface area contributed by atoms with E-state index < -0.39 is 0 Å². The van der Waals surface area contributed by atoms with Gasteiger partial charge in [0.25, 0.3) is 0 Å². The molecule has 15 heavy (non-hydrogen) atoms. The molecule has 0 bridgehead atoms. The van der Waals surface area contributed by atoms with E-state index in [-0.39, 0.29) is 17.1 Å². The molecule has 86 valence electrons. The van der Waals surface area contributed by atoms with Gasteiger partial charge in [-0.05, 0) is 6.42 Å². The first-order valence-corrected chi connectivity index (χ1v) is 5.42. The quantitative estimate of drug-likeness (QED) is 0.722. The zero-order valence-corrected chi connectivity index (χ0v) is 9.80. The first kappa shape index (κ1) is 12.2. The van der Waals surface area contributed by atoms with Crippen LogP contribution in [-0.2, 0) is 9.59 Å². The van der Waals surface area contributed by atoms with Gasteiger partial charge >= 0.3 is 0 Å². The number of carbonyl (C=O) groups is 2. The van der Waals surface area contributed by atoms with Crippen molar-refractivity contribution in [2.24, 2.45) is 5.41 Å². The third-order valence-corrected chi connectivity index (χ3v) is 2.54. The van der Waals surface area contributed by atoms with Crippen molar-refractivity contribution in [1.29, 1.82) is 0 Å². The Morgan fingerprint density at radius 3 is 2.73 bits per heavy atom. The second-order valence-electron chi connectivity index (χ2n) is 5.09. The summed E-state index contributed by atoms with van der Waals surface area (Å²) < 4.78 is 0. The van der Waals surface area contributed by atoms with Crippen LogP contribution in [0.3, 0.4) is 0 Å². The maximum absolute atomic E-state index is 11.8. The second-order valence-corrected chi connectivity index (χ2v) is 5.09. The lowest BCUT2D eigenvalue weighted by molar-refractivity contribution is -0.128. The summed E-state index contributed by atoms with van der Waals surface area (Å²) in [5.41, 5.74) is -0.317. The maximum Gasteiger partial charge on any atom is 0.234 e. The van der Waals surface area contributed by atoms with Crippen LogP contribution in [0, 0.1) is 5.41 Å². The predicted octanol–water partition coefficient (Wildman–Crippen LogP) is 0.424. The smallest absolute Gasteiger partial charge is 0.234 e. The van der Waals surface area contributed by atoms with Crippen LogP contribution < -0.4 is 5.32 Å². The fraction of sp³-hybridized carbons (Fsp3) is 0.818. The van der Waals surface area contributed by atoms with Crippen LogP contribution in [0.1, 0.15) is 27.2 Å². The van der Waals surface area contributed by atoms with Gasteiger partial charge in [-0.25, -0.2) is 0 Å². The molecule has 1 N–H and O–H groups in total. The van der Waals surface area contributed by atoms with E-state index in [1.54, 1.807) is 0 Å². The Hall–Kier alpha value is -0.900. The van der Waals surface area contributed by atoms with Crippen LogP contribution in [0.4, 0.5) is 0 Å². The molecule has 1 fully saturated rings. The van der Waals surface area contributed by atoms with Gasteiger partial charge in [-0.1, -0.05) is 20.8 Å². The topological polar surface area (TPSA) is 49.4 Å². The summed E-state index contributed by atoms with van der Waals surface area (Å²) >= 11 is 0. The average Bonchev–Trinajstić information content (AvgIpc) is 2.28. The third-order valence-electron chi connectivity index (χ3n) is 2.54. The summed E-state index contributed by atoms with van der Waals surface area (Å²) in [5.74, 6) is 0.214. The number of amides is 1. The molecular weight excluding hydrogens is 192 g/mol. The minimum atomic E-state index is -0.317. The van der Waals surface area contributed by atoms with Crippen molar-refractivity contribution in [3.05, 3.63) is 0 Å². The highest BCUT2D eigenvalue weighted by Gasteiger charge is 2.25. The number of nitrogens with one attached hydrogen (secondary N) is 1. The number of ketones is 1. The highest BCUT2D eigenvalue weighted by molar-refractivity contribution is 5.86. The van der Waals surface area contributed by atoms with E-state index in [0.29, 0.717) is 13.1 Å². The van der Waals surface area contributed by atoms with Gasteiger partial charge in [-0.15, -0.1) is 0 Å². The minimum Gasteiger partial charge on any atom is -0.355 e. The molecule has 0 saturated carbocycles. The van der Waals surface area contributed by atoms with Gasteiger partial charge in [-0.2, -0.15) is 0 Å². The monoisotopic (exact) mass is 212 g/mol. The molecule has 0 aromatic heterocycles. The molecule has 1 heterocycles. The van der Waals surface area contributed by atoms with E-state index in [9.17, 15) is 9.59 Å². The van der Waals surface area contributed by atoms with Crippen LogP contribution in [-0.4, -0.2) is 42.8 Å². The molecule has 4 nitrogen and oxygen atoms in total. The van der Waals surface area contributed by atoms with Crippen LogP contribution in [0.2, 0.25) is 0 Å². The molecule has 0 atom stereocenters. The number of carbonyl (C=O) groups excluding carboxylic acids is 2. The first-order valence-electron chi connectivity index (χ1n) is 5.42. The fourth-order valence-electron chi connectivity index (χ4n) is 1.44. The molecule has 1 saturated heterocycles. The number of Topliss-reactive ketones (excluding diaryl/α,β-unsaturated/α-hetero) is 1. The lowest BCUT2D eigenvalue weighted by Gasteiger charge is -2.23. The summed E-state index contributed by atoms with van der Waals surface area (Å²) in [5, 5.41) is 2.79. The van der Waals surface area contributed by atoms with Crippen LogP contribution >= 0.6 is 0 Å². The molecule has 0 spiro atoms. The molecule has 1 rings (SSSR count). The number of rotatable bonds is 2. The van der Waals surface area contributed by atoms with Crippen molar-refractivity contribution in [3.63, 3.8) is 0 Å². The van der Waals surface area contributed by atoms with E-state index in [1.165, 1.54) is 0 Å². The Morgan fingerprint density at radius 2 is 2.13 bits per heavy atom. The van der Waals surface area contributed by atoms with Gasteiger partial charge in [0.05, 0.1) is 13.1 Å². The SMILES string of the molecule is CC(C)(C)C(=O)CN1CCCNC(=O)C1. The van der Waals surface area contributed by atoms with Gasteiger partial charge in [0.2, 0.25) is 5.91 Å². The first-order chi connectivity index (χ1) is 6.89. The number of nitrogens with zero attached hydrogens (tertiary/aromatic N) is 1. The Labute approximate surface area is 91.0 Å². The Kier molecular flexibility index (Phi) is 3.85. The Bertz CT molecular complexity index is 256. The van der Waals surface area contributed by atoms with E-state index in [4.69, 9.17) is 0 Å². The van der Waals surface area contributed by atoms with Crippen molar-refractivity contribution < 1.29 is 9.59 Å². The molecule has 0 aromatic rings. The van der Waals surface area contributed by atoms with Crippen molar-refractivity contribution in [3.8, 4) is 0 Å². The largest absolute Gasteiger partial charge is 0.355 e. The van der Waals surface area contributed by atoms with Crippen LogP contribution in [0.5, 0.6) is 0 Å². The molecule has 0 aliphatic carbocycles. The lowest BCUT2D eigenvalue weighted by Crippen LogP contribution is -2.39. The zero-order valence-electron chi connectivity index (χ0n) is 9.80. The standard InChI is InChI=1S/C11H20N2O2/c1-11(2,3)9(14)7-13-6-4-5-12-10(15)8-13/h4-8H2,1-3H3,(H,12,15). The maximum atomic E-state index is 11.8. The van der Waals surface area contributed by atoms with Gasteiger partial charge in [-0.3, -0.25) is 14.5 Å². The zero-order chi connectivity index (χ0) is 11.5. The van der Waals surface area contributed by atoms with E-state index >= 15 is 0 Å². The molecule has 0 radical (unpaired) electrons. The summed E-state index contributed by atoms with van der Waals surface area (Å²) in [7, 11) is 0. The van der Waals surface area contributed by atoms with E-state index in [1.807, 2.05) is 25.7 Å². The molecule has 1 aliphatic heterocycles. The fourth-order valence-corrected chi connectivity index (χ4v) is 1.44. The second kappa shape index (κ2) is 4.75. The molecule has 0 unspecified atom stereocenters. The minimum absolute atomic E-state index is 0.0224. The molecule has 1 aliphatic rings. The lowest BCUT2D eigenvalue weighted by atomic mass is 9.90. The number of hydrogen-bond donors (Lipinski definition) is 1. The predicted molar refractivity (Wildman–Crippen MR) is 58.5 cm³/mol. The summed E-state index contributed by atoms with van der Waals surface area (Å²) in [6.45, 7) is 8.01. The number of hydrogen-bond acceptors (Lipinski definition) is 3. The molecule has 4 heteroatoms. The summed E-state index contributed by atoms with van der Waals surface area (Å²) in [4.78, 5) is 25.0. The molecule has 0 aromatic carbocycles. The van der Waals surface area contributed by atoms with Crippen LogP contribution in [0.15, 0.2) is 0 Å². The normalized spacial score (nSPS) is 19.5. The van der Waals surface area contributed by atoms with Gasteiger partial charge < -0.3 is 5.32 Å². The Balaban J connectivity index is 2.50. The molecule has 1 amide bonds. The van der Waals surface area contributed by atoms with Crippen molar-refractivity contribution in [1.82, 2.24) is 10.2 Å². The third kappa shape index (κ3) is 4.00. The van der Waals surface area contributed by atoms with Crippen molar-refractivity contribution >= 4 is 11.7 Å². The van der Waals surface area contributed by atoms with E-state index in [0.717, 1.165) is 19.5 Å². The highest BCUT2D eigenvalue weighted by Crippen LogP contribution is 2.15. The van der Waals surface area contributed by atoms with E-state index in [2.05, 4.69) is 5.32 Å². The Morgan fingerprint density at radius 1 is 1.47 bits per heavy atom. The van der Waals surface area contributed by atoms with Gasteiger partial charge in [0, 0.05) is 18.5 Å². The summed E-state index contributed by atoms with van der Waals surface area (Å²) in [6.07, 6.45) is 0.920. The summed E-state index contributed by atoms with van der Waals surface area (Å²) in [6, 6.07) is 0. The average molecular weight is 212 g/mol. The van der Waals surface area contributed by atoms with Crippen molar-refractivity contribution in [2.75, 3.05) is 26.2 Å². The van der Waals surface area contributed by atoms with Crippen LogP contribution in [0.25, 0.3) is 0 Å².